The van der Waals surface area contributed by atoms with E-state index in [0.717, 1.165) is 18.4 Å². The molecular weight excluding hydrogens is 208 g/mol. The molecule has 2 N–H and O–H groups in total. The third-order valence-corrected chi connectivity index (χ3v) is 2.19. The third-order valence-electron chi connectivity index (χ3n) is 2.19. The SMILES string of the molecule is CCOc1ccc(CCCN)cc1[N+](=O)[O-]. The average Bonchev–Trinajstić information content (AvgIpc) is 2.27. The van der Waals surface area contributed by atoms with E-state index in [-0.39, 0.29) is 5.69 Å². The molecule has 1 aromatic carbocycles. The molecule has 1 aromatic rings. The van der Waals surface area contributed by atoms with Gasteiger partial charge >= 0.3 is 5.69 Å². The minimum atomic E-state index is -0.420. The Balaban J connectivity index is 2.93. The number of rotatable bonds is 6. The first-order valence-corrected chi connectivity index (χ1v) is 5.29. The molecule has 0 aromatic heterocycles. The molecule has 0 bridgehead atoms. The highest BCUT2D eigenvalue weighted by Crippen LogP contribution is 2.28. The van der Waals surface area contributed by atoms with Crippen LogP contribution in [0.15, 0.2) is 18.2 Å². The molecule has 0 atom stereocenters. The zero-order valence-corrected chi connectivity index (χ0v) is 9.31. The van der Waals surface area contributed by atoms with E-state index in [1.165, 1.54) is 0 Å². The highest BCUT2D eigenvalue weighted by Gasteiger charge is 2.15. The van der Waals surface area contributed by atoms with Crippen LogP contribution in [-0.2, 0) is 6.42 Å². The van der Waals surface area contributed by atoms with E-state index in [2.05, 4.69) is 0 Å². The summed E-state index contributed by atoms with van der Waals surface area (Å²) in [7, 11) is 0. The molecule has 88 valence electrons. The van der Waals surface area contributed by atoms with Crippen LogP contribution in [0.4, 0.5) is 5.69 Å². The van der Waals surface area contributed by atoms with Gasteiger partial charge in [0.25, 0.3) is 0 Å². The fraction of sp³-hybridized carbons (Fsp3) is 0.455. The molecule has 5 nitrogen and oxygen atoms in total. The summed E-state index contributed by atoms with van der Waals surface area (Å²) in [6.07, 6.45) is 1.58. The van der Waals surface area contributed by atoms with Crippen LogP contribution in [0.25, 0.3) is 0 Å². The maximum absolute atomic E-state index is 10.8. The van der Waals surface area contributed by atoms with Crippen molar-refractivity contribution in [3.8, 4) is 5.75 Å². The predicted molar refractivity (Wildman–Crippen MR) is 61.6 cm³/mol. The smallest absolute Gasteiger partial charge is 0.311 e. The van der Waals surface area contributed by atoms with E-state index in [4.69, 9.17) is 10.5 Å². The van der Waals surface area contributed by atoms with Gasteiger partial charge in [-0.1, -0.05) is 6.07 Å². The topological polar surface area (TPSA) is 78.4 Å². The van der Waals surface area contributed by atoms with Crippen LogP contribution in [0.3, 0.4) is 0 Å². The Bertz CT molecular complexity index is 366. The van der Waals surface area contributed by atoms with Gasteiger partial charge in [0.2, 0.25) is 0 Å². The fourth-order valence-electron chi connectivity index (χ4n) is 1.44. The van der Waals surface area contributed by atoms with Gasteiger partial charge in [-0.2, -0.15) is 0 Å². The largest absolute Gasteiger partial charge is 0.487 e. The molecular formula is C11H16N2O3. The van der Waals surface area contributed by atoms with Crippen LogP contribution >= 0.6 is 0 Å². The molecule has 0 unspecified atom stereocenters. The molecule has 1 rings (SSSR count). The number of aryl methyl sites for hydroxylation is 1. The maximum Gasteiger partial charge on any atom is 0.311 e. The molecule has 0 heterocycles. The summed E-state index contributed by atoms with van der Waals surface area (Å²) in [5.41, 5.74) is 6.33. The average molecular weight is 224 g/mol. The van der Waals surface area contributed by atoms with Gasteiger partial charge in [-0.25, -0.2) is 0 Å². The van der Waals surface area contributed by atoms with Crippen molar-refractivity contribution in [1.29, 1.82) is 0 Å². The number of hydrogen-bond donors (Lipinski definition) is 1. The van der Waals surface area contributed by atoms with Crippen LogP contribution in [0, 0.1) is 10.1 Å². The van der Waals surface area contributed by atoms with Crippen LogP contribution < -0.4 is 10.5 Å². The summed E-state index contributed by atoms with van der Waals surface area (Å²) in [6, 6.07) is 5.04. The van der Waals surface area contributed by atoms with Gasteiger partial charge in [-0.05, 0) is 37.9 Å². The van der Waals surface area contributed by atoms with Crippen LogP contribution in [0.2, 0.25) is 0 Å². The Morgan fingerprint density at radius 1 is 1.50 bits per heavy atom. The lowest BCUT2D eigenvalue weighted by molar-refractivity contribution is -0.385. The molecule has 16 heavy (non-hydrogen) atoms. The molecule has 0 aliphatic carbocycles. The van der Waals surface area contributed by atoms with Crippen molar-refractivity contribution in [2.24, 2.45) is 5.73 Å². The molecule has 0 saturated carbocycles. The van der Waals surface area contributed by atoms with E-state index >= 15 is 0 Å². The molecule has 0 saturated heterocycles. The van der Waals surface area contributed by atoms with Crippen LogP contribution in [-0.4, -0.2) is 18.1 Å². The van der Waals surface area contributed by atoms with Crippen molar-refractivity contribution in [3.05, 3.63) is 33.9 Å². The van der Waals surface area contributed by atoms with Crippen molar-refractivity contribution in [2.45, 2.75) is 19.8 Å². The molecule has 0 spiro atoms. The summed E-state index contributed by atoms with van der Waals surface area (Å²) >= 11 is 0. The summed E-state index contributed by atoms with van der Waals surface area (Å²) in [4.78, 5) is 10.4. The highest BCUT2D eigenvalue weighted by atomic mass is 16.6. The van der Waals surface area contributed by atoms with E-state index in [1.54, 1.807) is 19.1 Å². The number of nitrogens with zero attached hydrogens (tertiary/aromatic N) is 1. The summed E-state index contributed by atoms with van der Waals surface area (Å²) in [5.74, 6) is 0.323. The zero-order chi connectivity index (χ0) is 12.0. The fourth-order valence-corrected chi connectivity index (χ4v) is 1.44. The second kappa shape index (κ2) is 6.07. The van der Waals surface area contributed by atoms with Gasteiger partial charge < -0.3 is 10.5 Å². The quantitative estimate of drug-likeness (QED) is 0.591. The standard InChI is InChI=1S/C11H16N2O3/c1-2-16-11-6-5-9(4-3-7-12)8-10(11)13(14)15/h5-6,8H,2-4,7,12H2,1H3. The van der Waals surface area contributed by atoms with Crippen molar-refractivity contribution in [3.63, 3.8) is 0 Å². The first-order valence-electron chi connectivity index (χ1n) is 5.29. The second-order valence-corrected chi connectivity index (χ2v) is 3.38. The van der Waals surface area contributed by atoms with Crippen molar-refractivity contribution >= 4 is 5.69 Å². The van der Waals surface area contributed by atoms with Crippen LogP contribution in [0.1, 0.15) is 18.9 Å². The van der Waals surface area contributed by atoms with Gasteiger partial charge in [-0.15, -0.1) is 0 Å². The molecule has 0 radical (unpaired) electrons. The van der Waals surface area contributed by atoms with Crippen molar-refractivity contribution < 1.29 is 9.66 Å². The Labute approximate surface area is 94.4 Å². The Morgan fingerprint density at radius 2 is 2.25 bits per heavy atom. The normalized spacial score (nSPS) is 10.1. The third kappa shape index (κ3) is 3.20. The van der Waals surface area contributed by atoms with Gasteiger partial charge in [-0.3, -0.25) is 10.1 Å². The Hall–Kier alpha value is -1.62. The number of ether oxygens (including phenoxy) is 1. The number of nitrogens with two attached hydrogens (primary N) is 1. The van der Waals surface area contributed by atoms with Gasteiger partial charge in [0, 0.05) is 6.07 Å². The first-order chi connectivity index (χ1) is 7.69. The highest BCUT2D eigenvalue weighted by molar-refractivity contribution is 5.48. The lowest BCUT2D eigenvalue weighted by Crippen LogP contribution is -2.02. The van der Waals surface area contributed by atoms with Gasteiger partial charge in [0.1, 0.15) is 0 Å². The maximum atomic E-state index is 10.8. The molecule has 5 heteroatoms. The predicted octanol–water partition coefficient (Wildman–Crippen LogP) is 1.88. The molecule has 0 aliphatic heterocycles. The summed E-state index contributed by atoms with van der Waals surface area (Å²) in [5, 5.41) is 10.8. The number of nitro groups is 1. The number of benzene rings is 1. The Morgan fingerprint density at radius 3 is 2.81 bits per heavy atom. The molecule has 0 amide bonds. The second-order valence-electron chi connectivity index (χ2n) is 3.38. The summed E-state index contributed by atoms with van der Waals surface area (Å²) < 4.78 is 5.19. The lowest BCUT2D eigenvalue weighted by Gasteiger charge is -2.06. The lowest BCUT2D eigenvalue weighted by atomic mass is 10.1. The number of hydrogen-bond acceptors (Lipinski definition) is 4. The Kier molecular flexibility index (Phi) is 4.72. The van der Waals surface area contributed by atoms with Gasteiger partial charge in [0.05, 0.1) is 11.5 Å². The first kappa shape index (κ1) is 12.4. The van der Waals surface area contributed by atoms with Crippen molar-refractivity contribution in [2.75, 3.05) is 13.2 Å². The van der Waals surface area contributed by atoms with E-state index < -0.39 is 4.92 Å². The van der Waals surface area contributed by atoms with Crippen LogP contribution in [0.5, 0.6) is 5.75 Å². The number of nitro benzene ring substituents is 1. The monoisotopic (exact) mass is 224 g/mol. The minimum absolute atomic E-state index is 0.0244. The van der Waals surface area contributed by atoms with E-state index in [9.17, 15) is 10.1 Å². The van der Waals surface area contributed by atoms with E-state index in [1.807, 2.05) is 6.07 Å². The van der Waals surface area contributed by atoms with Crippen molar-refractivity contribution in [1.82, 2.24) is 0 Å². The molecule has 0 aliphatic rings. The minimum Gasteiger partial charge on any atom is -0.487 e. The van der Waals surface area contributed by atoms with E-state index in [0.29, 0.717) is 18.9 Å². The zero-order valence-electron chi connectivity index (χ0n) is 9.31. The summed E-state index contributed by atoms with van der Waals surface area (Å²) in [6.45, 7) is 2.80. The molecule has 0 fully saturated rings. The van der Waals surface area contributed by atoms with Gasteiger partial charge in [0.15, 0.2) is 5.75 Å².